The van der Waals surface area contributed by atoms with Crippen molar-refractivity contribution in [2.24, 2.45) is 0 Å². The molecule has 0 bridgehead atoms. The fourth-order valence-corrected chi connectivity index (χ4v) is 3.56. The molecule has 1 aliphatic rings. The number of imidazole rings is 1. The van der Waals surface area contributed by atoms with Gasteiger partial charge in [-0.1, -0.05) is 41.7 Å². The highest BCUT2D eigenvalue weighted by Crippen LogP contribution is 2.39. The fraction of sp³-hybridized carbons (Fsp3) is 0.286. The molecule has 96 valence electrons. The van der Waals surface area contributed by atoms with Gasteiger partial charge in [0.25, 0.3) is 0 Å². The second kappa shape index (κ2) is 4.06. The van der Waals surface area contributed by atoms with E-state index in [9.17, 15) is 0 Å². The summed E-state index contributed by atoms with van der Waals surface area (Å²) < 4.78 is 1.88. The summed E-state index contributed by atoms with van der Waals surface area (Å²) in [6.45, 7) is 3.08. The van der Waals surface area contributed by atoms with Gasteiger partial charge in [-0.05, 0) is 18.9 Å². The fourth-order valence-electron chi connectivity index (χ4n) is 2.55. The molecule has 4 rings (SSSR count). The summed E-state index contributed by atoms with van der Waals surface area (Å²) in [7, 11) is 0. The van der Waals surface area contributed by atoms with Gasteiger partial charge >= 0.3 is 0 Å². The number of aryl methyl sites for hydroxylation is 1. The number of hydrogen-bond acceptors (Lipinski definition) is 4. The van der Waals surface area contributed by atoms with Crippen molar-refractivity contribution >= 4 is 21.4 Å². The Bertz CT molecular complexity index is 684. The minimum absolute atomic E-state index is 0.471. The molecule has 0 spiro atoms. The highest BCUT2D eigenvalue weighted by molar-refractivity contribution is 7.20. The highest BCUT2D eigenvalue weighted by Gasteiger charge is 2.31. The predicted octanol–water partition coefficient (Wildman–Crippen LogP) is 3.05. The van der Waals surface area contributed by atoms with Crippen molar-refractivity contribution < 1.29 is 0 Å². The van der Waals surface area contributed by atoms with Gasteiger partial charge in [0.15, 0.2) is 0 Å². The Morgan fingerprint density at radius 2 is 2.11 bits per heavy atom. The van der Waals surface area contributed by atoms with Crippen LogP contribution in [0.15, 0.2) is 36.5 Å². The van der Waals surface area contributed by atoms with Crippen LogP contribution in [0, 0.1) is 6.92 Å². The Hall–Kier alpha value is -1.88. The Morgan fingerprint density at radius 3 is 2.79 bits per heavy atom. The lowest BCUT2D eigenvalue weighted by Gasteiger charge is -2.40. The molecule has 0 N–H and O–H groups in total. The zero-order valence-corrected chi connectivity index (χ0v) is 11.5. The van der Waals surface area contributed by atoms with Crippen molar-refractivity contribution in [3.8, 4) is 0 Å². The molecule has 0 aliphatic carbocycles. The average molecular weight is 270 g/mol. The summed E-state index contributed by atoms with van der Waals surface area (Å²) >= 11 is 1.67. The van der Waals surface area contributed by atoms with Crippen LogP contribution in [0.5, 0.6) is 0 Å². The van der Waals surface area contributed by atoms with Gasteiger partial charge in [-0.3, -0.25) is 0 Å². The lowest BCUT2D eigenvalue weighted by atomic mass is 9.96. The second-order valence-electron chi connectivity index (χ2n) is 4.90. The van der Waals surface area contributed by atoms with Crippen molar-refractivity contribution in [3.63, 3.8) is 0 Å². The summed E-state index contributed by atoms with van der Waals surface area (Å²) in [5.41, 5.74) is 2.39. The van der Waals surface area contributed by atoms with Crippen LogP contribution in [0.2, 0.25) is 0 Å². The summed E-state index contributed by atoms with van der Waals surface area (Å²) in [6.07, 6.45) is 3.18. The van der Waals surface area contributed by atoms with Crippen LogP contribution in [0.3, 0.4) is 0 Å². The number of fused-ring (bicyclic) bond motifs is 1. The minimum atomic E-state index is 0.471. The molecule has 1 saturated heterocycles. The molecule has 3 heterocycles. The van der Waals surface area contributed by atoms with Crippen molar-refractivity contribution in [2.75, 3.05) is 11.4 Å². The molecular weight excluding hydrogens is 256 g/mol. The Kier molecular flexibility index (Phi) is 2.35. The van der Waals surface area contributed by atoms with Gasteiger partial charge in [0.2, 0.25) is 10.1 Å². The maximum Gasteiger partial charge on any atom is 0.214 e. The molecule has 1 fully saturated rings. The number of anilines is 1. The molecule has 2 aromatic heterocycles. The molecule has 4 nitrogen and oxygen atoms in total. The van der Waals surface area contributed by atoms with Crippen LogP contribution in [-0.2, 0) is 0 Å². The Labute approximate surface area is 115 Å². The first-order valence-corrected chi connectivity index (χ1v) is 7.27. The lowest BCUT2D eigenvalue weighted by Crippen LogP contribution is -2.40. The van der Waals surface area contributed by atoms with Gasteiger partial charge in [0, 0.05) is 6.54 Å². The summed E-state index contributed by atoms with van der Waals surface area (Å²) in [6, 6.07) is 11.1. The van der Waals surface area contributed by atoms with E-state index in [0.717, 1.165) is 22.3 Å². The highest BCUT2D eigenvalue weighted by atomic mass is 32.1. The quantitative estimate of drug-likeness (QED) is 0.717. The average Bonchev–Trinajstić information content (AvgIpc) is 2.86. The third-order valence-electron chi connectivity index (χ3n) is 3.60. The molecule has 1 aromatic carbocycles. The van der Waals surface area contributed by atoms with Crippen LogP contribution in [0.4, 0.5) is 5.13 Å². The molecule has 1 atom stereocenters. The smallest absolute Gasteiger partial charge is 0.214 e. The van der Waals surface area contributed by atoms with E-state index in [0.29, 0.717) is 6.04 Å². The number of hydrogen-bond donors (Lipinski definition) is 0. The number of nitrogens with zero attached hydrogens (tertiary/aromatic N) is 4. The first-order chi connectivity index (χ1) is 9.31. The van der Waals surface area contributed by atoms with E-state index in [-0.39, 0.29) is 0 Å². The number of aromatic nitrogens is 3. The summed E-state index contributed by atoms with van der Waals surface area (Å²) in [4.78, 5) is 7.81. The van der Waals surface area contributed by atoms with Gasteiger partial charge < -0.3 is 4.90 Å². The standard InChI is InChI=1S/C14H14N4S/c1-10-9-18-13(15-10)19-14(16-18)17-8-7-12(17)11-5-3-2-4-6-11/h2-6,9,12H,7-8H2,1H3. The molecule has 3 aromatic rings. The monoisotopic (exact) mass is 270 g/mol. The first kappa shape index (κ1) is 11.0. The van der Waals surface area contributed by atoms with Crippen LogP contribution < -0.4 is 4.90 Å². The lowest BCUT2D eigenvalue weighted by molar-refractivity contribution is 0.463. The van der Waals surface area contributed by atoms with Gasteiger partial charge in [0.05, 0.1) is 17.9 Å². The minimum Gasteiger partial charge on any atom is -0.339 e. The number of benzene rings is 1. The van der Waals surface area contributed by atoms with Crippen LogP contribution in [0.25, 0.3) is 4.96 Å². The molecule has 0 radical (unpaired) electrons. The first-order valence-electron chi connectivity index (χ1n) is 6.46. The van der Waals surface area contributed by atoms with Crippen molar-refractivity contribution in [1.82, 2.24) is 14.6 Å². The predicted molar refractivity (Wildman–Crippen MR) is 76.7 cm³/mol. The van der Waals surface area contributed by atoms with Crippen molar-refractivity contribution in [3.05, 3.63) is 47.8 Å². The normalized spacial score (nSPS) is 18.8. The van der Waals surface area contributed by atoms with Crippen LogP contribution >= 0.6 is 11.3 Å². The molecule has 5 heteroatoms. The van der Waals surface area contributed by atoms with Gasteiger partial charge in [-0.15, -0.1) is 5.10 Å². The molecule has 0 saturated carbocycles. The maximum absolute atomic E-state index is 4.63. The zero-order chi connectivity index (χ0) is 12.8. The van der Waals surface area contributed by atoms with Gasteiger partial charge in [-0.25, -0.2) is 9.50 Å². The van der Waals surface area contributed by atoms with E-state index in [1.807, 2.05) is 17.6 Å². The van der Waals surface area contributed by atoms with Crippen molar-refractivity contribution in [1.29, 1.82) is 0 Å². The zero-order valence-electron chi connectivity index (χ0n) is 10.7. The van der Waals surface area contributed by atoms with Gasteiger partial charge in [0.1, 0.15) is 0 Å². The van der Waals surface area contributed by atoms with E-state index < -0.39 is 0 Å². The maximum atomic E-state index is 4.63. The van der Waals surface area contributed by atoms with E-state index >= 15 is 0 Å². The molecule has 1 unspecified atom stereocenters. The van der Waals surface area contributed by atoms with Gasteiger partial charge in [-0.2, -0.15) is 0 Å². The Balaban J connectivity index is 1.67. The van der Waals surface area contributed by atoms with Crippen LogP contribution in [-0.4, -0.2) is 21.1 Å². The molecule has 0 amide bonds. The third kappa shape index (κ3) is 1.73. The summed E-state index contributed by atoms with van der Waals surface area (Å²) in [5.74, 6) is 0. The second-order valence-corrected chi connectivity index (χ2v) is 5.84. The van der Waals surface area contributed by atoms with Crippen molar-refractivity contribution in [2.45, 2.75) is 19.4 Å². The summed E-state index contributed by atoms with van der Waals surface area (Å²) in [5, 5.41) is 5.70. The van der Waals surface area contributed by atoms with Crippen LogP contribution in [0.1, 0.15) is 23.7 Å². The molecular formula is C14H14N4S. The van der Waals surface area contributed by atoms with E-state index in [4.69, 9.17) is 0 Å². The molecule has 1 aliphatic heterocycles. The van der Waals surface area contributed by atoms with E-state index in [2.05, 4.69) is 45.3 Å². The topological polar surface area (TPSA) is 33.4 Å². The largest absolute Gasteiger partial charge is 0.339 e. The third-order valence-corrected chi connectivity index (χ3v) is 4.56. The number of rotatable bonds is 2. The SMILES string of the molecule is Cc1cn2nc(N3CCC3c3ccccc3)sc2n1. The molecule has 19 heavy (non-hydrogen) atoms. The van der Waals surface area contributed by atoms with E-state index in [1.54, 1.807) is 11.3 Å². The van der Waals surface area contributed by atoms with E-state index in [1.165, 1.54) is 12.0 Å². The Morgan fingerprint density at radius 1 is 1.26 bits per heavy atom.